The number of nitrogens with zero attached hydrogens (tertiary/aromatic N) is 3. The molecule has 0 aliphatic carbocycles. The van der Waals surface area contributed by atoms with Crippen LogP contribution in [0.25, 0.3) is 0 Å². The third kappa shape index (κ3) is 4.52. The highest BCUT2D eigenvalue weighted by Gasteiger charge is 2.32. The molecule has 0 bridgehead atoms. The standard InChI is InChI=1S/C11H15F3N4O3S/c12-11(13,14)9-1-2-15-10(17-9)16-3-8-22(19,20)18-4-6-21-7-5-18/h1-2H,3-8H2,(H,15,16,17). The van der Waals surface area contributed by atoms with Crippen molar-refractivity contribution in [2.24, 2.45) is 0 Å². The molecule has 11 heteroatoms. The van der Waals surface area contributed by atoms with Crippen molar-refractivity contribution in [3.63, 3.8) is 0 Å². The second-order valence-corrected chi connectivity index (χ2v) is 6.61. The Morgan fingerprint density at radius 2 is 2.00 bits per heavy atom. The number of alkyl halides is 3. The fraction of sp³-hybridized carbons (Fsp3) is 0.636. The number of hydrogen-bond donors (Lipinski definition) is 1. The zero-order valence-electron chi connectivity index (χ0n) is 11.5. The van der Waals surface area contributed by atoms with Crippen molar-refractivity contribution in [3.8, 4) is 0 Å². The minimum atomic E-state index is -4.57. The first-order chi connectivity index (χ1) is 10.3. The number of sulfonamides is 1. The van der Waals surface area contributed by atoms with Gasteiger partial charge in [0.05, 0.1) is 19.0 Å². The number of anilines is 1. The maximum absolute atomic E-state index is 12.5. The van der Waals surface area contributed by atoms with Gasteiger partial charge < -0.3 is 10.1 Å². The third-order valence-electron chi connectivity index (χ3n) is 2.95. The minimum Gasteiger partial charge on any atom is -0.379 e. The van der Waals surface area contributed by atoms with Gasteiger partial charge in [0, 0.05) is 25.8 Å². The average Bonchev–Trinajstić information content (AvgIpc) is 2.47. The fourth-order valence-corrected chi connectivity index (χ4v) is 3.17. The van der Waals surface area contributed by atoms with Crippen molar-refractivity contribution in [3.05, 3.63) is 18.0 Å². The van der Waals surface area contributed by atoms with Gasteiger partial charge in [0.15, 0.2) is 0 Å². The number of nitrogens with one attached hydrogen (secondary N) is 1. The molecule has 1 aromatic rings. The summed E-state index contributed by atoms with van der Waals surface area (Å²) in [6.45, 7) is 1.15. The van der Waals surface area contributed by atoms with Gasteiger partial charge in [-0.05, 0) is 6.07 Å². The second-order valence-electron chi connectivity index (χ2n) is 4.52. The van der Waals surface area contributed by atoms with Gasteiger partial charge in [0.25, 0.3) is 0 Å². The predicted octanol–water partition coefficient (Wildman–Crippen LogP) is 0.569. The van der Waals surface area contributed by atoms with Crippen LogP contribution in [0.2, 0.25) is 0 Å². The molecule has 2 heterocycles. The van der Waals surface area contributed by atoms with Crippen LogP contribution < -0.4 is 5.32 Å². The van der Waals surface area contributed by atoms with Crippen LogP contribution in [0.5, 0.6) is 0 Å². The van der Waals surface area contributed by atoms with Gasteiger partial charge in [-0.1, -0.05) is 0 Å². The Morgan fingerprint density at radius 3 is 2.64 bits per heavy atom. The molecular formula is C11H15F3N4O3S. The highest BCUT2D eigenvalue weighted by atomic mass is 32.2. The summed E-state index contributed by atoms with van der Waals surface area (Å²) in [5.74, 6) is -0.515. The quantitative estimate of drug-likeness (QED) is 0.844. The van der Waals surface area contributed by atoms with Crippen LogP contribution in [0, 0.1) is 0 Å². The molecule has 1 fully saturated rings. The van der Waals surface area contributed by atoms with E-state index in [9.17, 15) is 21.6 Å². The van der Waals surface area contributed by atoms with Gasteiger partial charge in [-0.3, -0.25) is 0 Å². The maximum atomic E-state index is 12.5. The van der Waals surface area contributed by atoms with E-state index < -0.39 is 21.9 Å². The molecule has 0 atom stereocenters. The van der Waals surface area contributed by atoms with Crippen LogP contribution in [-0.2, 0) is 20.9 Å². The van der Waals surface area contributed by atoms with E-state index in [2.05, 4.69) is 15.3 Å². The first kappa shape index (κ1) is 16.9. The number of hydrogen-bond acceptors (Lipinski definition) is 6. The maximum Gasteiger partial charge on any atom is 0.433 e. The number of rotatable bonds is 5. The molecule has 22 heavy (non-hydrogen) atoms. The van der Waals surface area contributed by atoms with Crippen LogP contribution in [0.4, 0.5) is 19.1 Å². The lowest BCUT2D eigenvalue weighted by Gasteiger charge is -2.26. The van der Waals surface area contributed by atoms with Gasteiger partial charge in [-0.25, -0.2) is 18.4 Å². The van der Waals surface area contributed by atoms with Gasteiger partial charge in [0.2, 0.25) is 16.0 Å². The monoisotopic (exact) mass is 340 g/mol. The summed E-state index contributed by atoms with van der Waals surface area (Å²) >= 11 is 0. The van der Waals surface area contributed by atoms with E-state index in [1.165, 1.54) is 4.31 Å². The number of morpholine rings is 1. The lowest BCUT2D eigenvalue weighted by molar-refractivity contribution is -0.141. The molecule has 0 saturated carbocycles. The van der Waals surface area contributed by atoms with Crippen molar-refractivity contribution in [2.75, 3.05) is 43.9 Å². The Balaban J connectivity index is 1.90. The molecule has 1 aliphatic heterocycles. The van der Waals surface area contributed by atoms with E-state index in [1.807, 2.05) is 0 Å². The van der Waals surface area contributed by atoms with Crippen LogP contribution in [0.15, 0.2) is 12.3 Å². The van der Waals surface area contributed by atoms with Crippen molar-refractivity contribution in [1.29, 1.82) is 0 Å². The third-order valence-corrected chi connectivity index (χ3v) is 4.82. The van der Waals surface area contributed by atoms with E-state index in [0.29, 0.717) is 13.2 Å². The number of halogens is 3. The summed E-state index contributed by atoms with van der Waals surface area (Å²) in [4.78, 5) is 6.93. The van der Waals surface area contributed by atoms with Gasteiger partial charge in [-0.15, -0.1) is 0 Å². The Kier molecular flexibility index (Phi) is 5.19. The molecule has 0 spiro atoms. The summed E-state index contributed by atoms with van der Waals surface area (Å²) < 4.78 is 67.9. The Bertz CT molecular complexity index is 603. The molecule has 1 N–H and O–H groups in total. The zero-order valence-corrected chi connectivity index (χ0v) is 12.3. The molecular weight excluding hydrogens is 325 g/mol. The lowest BCUT2D eigenvalue weighted by atomic mass is 10.4. The molecule has 0 aromatic carbocycles. The van der Waals surface area contributed by atoms with Gasteiger partial charge >= 0.3 is 6.18 Å². The molecule has 124 valence electrons. The normalized spacial score (nSPS) is 17.4. The Labute approximate surface area is 125 Å². The van der Waals surface area contributed by atoms with E-state index in [0.717, 1.165) is 12.3 Å². The van der Waals surface area contributed by atoms with Crippen LogP contribution >= 0.6 is 0 Å². The molecule has 1 aromatic heterocycles. The smallest absolute Gasteiger partial charge is 0.379 e. The molecule has 1 aliphatic rings. The molecule has 0 amide bonds. The highest BCUT2D eigenvalue weighted by Crippen LogP contribution is 2.27. The van der Waals surface area contributed by atoms with E-state index in [-0.39, 0.29) is 31.3 Å². The van der Waals surface area contributed by atoms with Crippen LogP contribution in [0.1, 0.15) is 5.69 Å². The second kappa shape index (κ2) is 6.75. The molecule has 2 rings (SSSR count). The lowest BCUT2D eigenvalue weighted by Crippen LogP contribution is -2.42. The van der Waals surface area contributed by atoms with Crippen LogP contribution in [0.3, 0.4) is 0 Å². The number of ether oxygens (including phenoxy) is 1. The average molecular weight is 340 g/mol. The largest absolute Gasteiger partial charge is 0.433 e. The van der Waals surface area contributed by atoms with Crippen molar-refractivity contribution < 1.29 is 26.3 Å². The SMILES string of the molecule is O=S(=O)(CCNc1nccc(C(F)(F)F)n1)N1CCOCC1. The van der Waals surface area contributed by atoms with E-state index >= 15 is 0 Å². The van der Waals surface area contributed by atoms with Crippen molar-refractivity contribution in [2.45, 2.75) is 6.18 Å². The zero-order chi connectivity index (χ0) is 16.2. The van der Waals surface area contributed by atoms with Gasteiger partial charge in [0.1, 0.15) is 5.69 Å². The first-order valence-electron chi connectivity index (χ1n) is 6.49. The van der Waals surface area contributed by atoms with E-state index in [4.69, 9.17) is 4.74 Å². The number of aromatic nitrogens is 2. The Morgan fingerprint density at radius 1 is 1.32 bits per heavy atom. The summed E-state index contributed by atoms with van der Waals surface area (Å²) in [6, 6.07) is 0.746. The summed E-state index contributed by atoms with van der Waals surface area (Å²) in [5.41, 5.74) is -1.08. The highest BCUT2D eigenvalue weighted by molar-refractivity contribution is 7.89. The predicted molar refractivity (Wildman–Crippen MR) is 71.7 cm³/mol. The van der Waals surface area contributed by atoms with Crippen molar-refractivity contribution >= 4 is 16.0 Å². The first-order valence-corrected chi connectivity index (χ1v) is 8.10. The van der Waals surface area contributed by atoms with Gasteiger partial charge in [-0.2, -0.15) is 17.5 Å². The summed E-state index contributed by atoms with van der Waals surface area (Å²) in [5, 5.41) is 2.49. The molecule has 0 unspecified atom stereocenters. The summed E-state index contributed by atoms with van der Waals surface area (Å²) in [6.07, 6.45) is -3.60. The van der Waals surface area contributed by atoms with Crippen molar-refractivity contribution in [1.82, 2.24) is 14.3 Å². The minimum absolute atomic E-state index is 0.0823. The Hall–Kier alpha value is -1.46. The molecule has 0 radical (unpaired) electrons. The van der Waals surface area contributed by atoms with Crippen LogP contribution in [-0.4, -0.2) is 61.3 Å². The van der Waals surface area contributed by atoms with E-state index in [1.54, 1.807) is 0 Å². The molecule has 7 nitrogen and oxygen atoms in total. The summed E-state index contributed by atoms with van der Waals surface area (Å²) in [7, 11) is -3.48. The fourth-order valence-electron chi connectivity index (χ4n) is 1.85. The molecule has 1 saturated heterocycles. The topological polar surface area (TPSA) is 84.4 Å².